The second-order valence-electron chi connectivity index (χ2n) is 4.44. The number of benzene rings is 1. The van der Waals surface area contributed by atoms with Gasteiger partial charge in [0.25, 0.3) is 0 Å². The third-order valence-electron chi connectivity index (χ3n) is 3.12. The van der Waals surface area contributed by atoms with Crippen molar-refractivity contribution in [3.05, 3.63) is 36.9 Å². The molecule has 0 bridgehead atoms. The lowest BCUT2D eigenvalue weighted by atomic mass is 10.2. The molecule has 0 aliphatic carbocycles. The van der Waals surface area contributed by atoms with E-state index >= 15 is 0 Å². The van der Waals surface area contributed by atoms with Gasteiger partial charge in [0.05, 0.1) is 11.8 Å². The van der Waals surface area contributed by atoms with Gasteiger partial charge in [-0.1, -0.05) is 6.07 Å². The van der Waals surface area contributed by atoms with E-state index in [0.29, 0.717) is 6.10 Å². The Labute approximate surface area is 106 Å². The zero-order chi connectivity index (χ0) is 12.2. The van der Waals surface area contributed by atoms with Gasteiger partial charge in [-0.05, 0) is 31.0 Å². The van der Waals surface area contributed by atoms with Crippen LogP contribution < -0.4 is 5.32 Å². The summed E-state index contributed by atoms with van der Waals surface area (Å²) in [6.45, 7) is 1.76. The van der Waals surface area contributed by atoms with E-state index in [4.69, 9.17) is 4.74 Å². The van der Waals surface area contributed by atoms with Crippen molar-refractivity contribution in [2.45, 2.75) is 18.9 Å². The predicted octanol–water partition coefficient (Wildman–Crippen LogP) is 1.86. The van der Waals surface area contributed by atoms with E-state index in [1.807, 2.05) is 16.7 Å². The maximum absolute atomic E-state index is 5.59. The molecular weight excluding hydrogens is 228 g/mol. The normalized spacial score (nSPS) is 19.0. The van der Waals surface area contributed by atoms with Crippen LogP contribution in [0, 0.1) is 0 Å². The van der Waals surface area contributed by atoms with Crippen molar-refractivity contribution < 1.29 is 4.74 Å². The molecule has 1 aromatic heterocycles. The Bertz CT molecular complexity index is 491. The van der Waals surface area contributed by atoms with Crippen molar-refractivity contribution in [3.8, 4) is 5.69 Å². The van der Waals surface area contributed by atoms with Gasteiger partial charge in [0, 0.05) is 18.8 Å². The first-order valence-corrected chi connectivity index (χ1v) is 6.22. The summed E-state index contributed by atoms with van der Waals surface area (Å²) in [5.41, 5.74) is 2.15. The average molecular weight is 244 g/mol. The first kappa shape index (κ1) is 11.2. The second kappa shape index (κ2) is 5.18. The molecule has 1 unspecified atom stereocenters. The first-order valence-electron chi connectivity index (χ1n) is 6.22. The quantitative estimate of drug-likeness (QED) is 0.892. The molecule has 1 aliphatic heterocycles. The van der Waals surface area contributed by atoms with E-state index in [2.05, 4.69) is 27.6 Å². The van der Waals surface area contributed by atoms with Crippen LogP contribution in [0.15, 0.2) is 36.9 Å². The van der Waals surface area contributed by atoms with Gasteiger partial charge in [-0.2, -0.15) is 0 Å². The van der Waals surface area contributed by atoms with Crippen molar-refractivity contribution in [2.75, 3.05) is 18.5 Å². The molecule has 18 heavy (non-hydrogen) atoms. The molecule has 3 rings (SSSR count). The zero-order valence-electron chi connectivity index (χ0n) is 10.1. The van der Waals surface area contributed by atoms with Gasteiger partial charge in [0.2, 0.25) is 0 Å². The maximum Gasteiger partial charge on any atom is 0.123 e. The van der Waals surface area contributed by atoms with Crippen LogP contribution in [0.4, 0.5) is 5.69 Å². The molecule has 1 aromatic carbocycles. The summed E-state index contributed by atoms with van der Waals surface area (Å²) >= 11 is 0. The van der Waals surface area contributed by atoms with Gasteiger partial charge >= 0.3 is 0 Å². The standard InChI is InChI=1S/C13H16N4O/c1-3-11(14-8-13-5-2-6-18-13)7-12(4-1)17-9-15-16-10-17/h1,3-4,7,9-10,13-14H,2,5-6,8H2. The first-order chi connectivity index (χ1) is 8.92. The van der Waals surface area contributed by atoms with Gasteiger partial charge in [0.1, 0.15) is 12.7 Å². The smallest absolute Gasteiger partial charge is 0.123 e. The summed E-state index contributed by atoms with van der Waals surface area (Å²) in [4.78, 5) is 0. The molecule has 5 nitrogen and oxygen atoms in total. The Balaban J connectivity index is 1.67. The fraction of sp³-hybridized carbons (Fsp3) is 0.385. The molecule has 5 heteroatoms. The van der Waals surface area contributed by atoms with Crippen LogP contribution in [0.5, 0.6) is 0 Å². The average Bonchev–Trinajstić information content (AvgIpc) is 3.10. The Kier molecular flexibility index (Phi) is 3.23. The van der Waals surface area contributed by atoms with Crippen molar-refractivity contribution in [3.63, 3.8) is 0 Å². The van der Waals surface area contributed by atoms with Gasteiger partial charge in [-0.3, -0.25) is 4.57 Å². The zero-order valence-corrected chi connectivity index (χ0v) is 10.1. The highest BCUT2D eigenvalue weighted by Crippen LogP contribution is 2.16. The van der Waals surface area contributed by atoms with Crippen LogP contribution >= 0.6 is 0 Å². The minimum atomic E-state index is 0.351. The SMILES string of the molecule is c1cc(NCC2CCCO2)cc(-n2cnnc2)c1. The van der Waals surface area contributed by atoms with Crippen LogP contribution in [0.25, 0.3) is 5.69 Å². The molecule has 2 heterocycles. The Morgan fingerprint density at radius 2 is 2.22 bits per heavy atom. The van der Waals surface area contributed by atoms with Gasteiger partial charge < -0.3 is 10.1 Å². The summed E-state index contributed by atoms with van der Waals surface area (Å²) in [5, 5.41) is 11.0. The fourth-order valence-corrected chi connectivity index (χ4v) is 2.15. The molecule has 94 valence electrons. The van der Waals surface area contributed by atoms with E-state index < -0.39 is 0 Å². The maximum atomic E-state index is 5.59. The number of anilines is 1. The number of aromatic nitrogens is 3. The van der Waals surface area contributed by atoms with Crippen LogP contribution in [-0.4, -0.2) is 34.0 Å². The van der Waals surface area contributed by atoms with Crippen LogP contribution in [0.1, 0.15) is 12.8 Å². The van der Waals surface area contributed by atoms with Crippen molar-refractivity contribution in [1.82, 2.24) is 14.8 Å². The van der Waals surface area contributed by atoms with Crippen LogP contribution in [0.3, 0.4) is 0 Å². The summed E-state index contributed by atoms with van der Waals surface area (Å²) in [7, 11) is 0. The van der Waals surface area contributed by atoms with Crippen LogP contribution in [0.2, 0.25) is 0 Å². The third kappa shape index (κ3) is 2.51. The van der Waals surface area contributed by atoms with E-state index in [-0.39, 0.29) is 0 Å². The molecule has 1 saturated heterocycles. The van der Waals surface area contributed by atoms with E-state index in [1.54, 1.807) is 12.7 Å². The lowest BCUT2D eigenvalue weighted by molar-refractivity contribution is 0.120. The summed E-state index contributed by atoms with van der Waals surface area (Å²) < 4.78 is 7.48. The molecule has 1 atom stereocenters. The fourth-order valence-electron chi connectivity index (χ4n) is 2.15. The molecule has 0 spiro atoms. The number of rotatable bonds is 4. The number of hydrogen-bond donors (Lipinski definition) is 1. The van der Waals surface area contributed by atoms with Crippen LogP contribution in [-0.2, 0) is 4.74 Å². The number of ether oxygens (including phenoxy) is 1. The lowest BCUT2D eigenvalue weighted by Crippen LogP contribution is -2.18. The highest BCUT2D eigenvalue weighted by molar-refractivity contribution is 5.51. The largest absolute Gasteiger partial charge is 0.382 e. The Morgan fingerprint density at radius 3 is 3.00 bits per heavy atom. The van der Waals surface area contributed by atoms with Crippen molar-refractivity contribution in [2.24, 2.45) is 0 Å². The van der Waals surface area contributed by atoms with E-state index in [9.17, 15) is 0 Å². The topological polar surface area (TPSA) is 52.0 Å². The predicted molar refractivity (Wildman–Crippen MR) is 68.8 cm³/mol. The van der Waals surface area contributed by atoms with Crippen molar-refractivity contribution >= 4 is 5.69 Å². The molecule has 1 aliphatic rings. The summed E-state index contributed by atoms with van der Waals surface area (Å²) in [6, 6.07) is 8.19. The summed E-state index contributed by atoms with van der Waals surface area (Å²) in [5.74, 6) is 0. The number of nitrogens with zero attached hydrogens (tertiary/aromatic N) is 3. The molecular formula is C13H16N4O. The number of hydrogen-bond acceptors (Lipinski definition) is 4. The van der Waals surface area contributed by atoms with Gasteiger partial charge in [-0.25, -0.2) is 0 Å². The minimum absolute atomic E-state index is 0.351. The number of nitrogens with one attached hydrogen (secondary N) is 1. The van der Waals surface area contributed by atoms with E-state index in [0.717, 1.165) is 30.9 Å². The highest BCUT2D eigenvalue weighted by atomic mass is 16.5. The monoisotopic (exact) mass is 244 g/mol. The summed E-state index contributed by atoms with van der Waals surface area (Å²) in [6.07, 6.45) is 6.06. The van der Waals surface area contributed by atoms with E-state index in [1.165, 1.54) is 6.42 Å². The lowest BCUT2D eigenvalue weighted by Gasteiger charge is -2.12. The molecule has 0 amide bonds. The van der Waals surface area contributed by atoms with Gasteiger partial charge in [0.15, 0.2) is 0 Å². The minimum Gasteiger partial charge on any atom is -0.382 e. The molecule has 2 aromatic rings. The molecule has 1 fully saturated rings. The Morgan fingerprint density at radius 1 is 1.33 bits per heavy atom. The molecule has 1 N–H and O–H groups in total. The molecule has 0 saturated carbocycles. The van der Waals surface area contributed by atoms with Crippen molar-refractivity contribution in [1.29, 1.82) is 0 Å². The molecule has 0 radical (unpaired) electrons. The second-order valence-corrected chi connectivity index (χ2v) is 4.44. The highest BCUT2D eigenvalue weighted by Gasteiger charge is 2.14. The Hall–Kier alpha value is -1.88. The van der Waals surface area contributed by atoms with Gasteiger partial charge in [-0.15, -0.1) is 10.2 Å². The third-order valence-corrected chi connectivity index (χ3v) is 3.12.